The quantitative estimate of drug-likeness (QED) is 0.536. The highest BCUT2D eigenvalue weighted by atomic mass is 32.1. The number of aromatic nitrogens is 1. The first-order valence-electron chi connectivity index (χ1n) is 9.15. The molecule has 1 heterocycles. The minimum absolute atomic E-state index is 0.0958. The molecule has 0 N–H and O–H groups in total. The van der Waals surface area contributed by atoms with E-state index in [-0.39, 0.29) is 5.56 Å². The van der Waals surface area contributed by atoms with Crippen molar-refractivity contribution in [3.63, 3.8) is 0 Å². The number of hydrogen-bond acceptors (Lipinski definition) is 3. The molecule has 0 saturated heterocycles. The van der Waals surface area contributed by atoms with Gasteiger partial charge in [-0.1, -0.05) is 23.5 Å². The van der Waals surface area contributed by atoms with Gasteiger partial charge in [-0.05, 0) is 56.2 Å². The number of rotatable bonds is 5. The minimum atomic E-state index is -4.51. The maximum Gasteiger partial charge on any atom is 0.416 e. The minimum Gasteiger partial charge on any atom is -0.380 e. The number of carbonyl (C=O) groups is 1. The molecule has 0 aliphatic rings. The molecule has 0 spiro atoms. The highest BCUT2D eigenvalue weighted by Crippen LogP contribution is 2.29. The number of nitrogens with zero attached hydrogens (tertiary/aromatic N) is 2. The summed E-state index contributed by atoms with van der Waals surface area (Å²) in [6.45, 7) is 7.37. The van der Waals surface area contributed by atoms with Crippen molar-refractivity contribution >= 4 is 27.5 Å². The summed E-state index contributed by atoms with van der Waals surface area (Å²) in [6.07, 6.45) is -4.51. The number of carbonyl (C=O) groups excluding carboxylic acids is 1. The van der Waals surface area contributed by atoms with E-state index in [4.69, 9.17) is 4.74 Å². The Hall–Kier alpha value is -2.45. The maximum atomic E-state index is 13.0. The van der Waals surface area contributed by atoms with Gasteiger partial charge < -0.3 is 9.30 Å². The van der Waals surface area contributed by atoms with E-state index in [1.807, 2.05) is 37.5 Å². The molecule has 4 nitrogen and oxygen atoms in total. The third kappa shape index (κ3) is 4.76. The summed E-state index contributed by atoms with van der Waals surface area (Å²) in [5.41, 5.74) is 2.12. The molecule has 0 saturated carbocycles. The zero-order chi connectivity index (χ0) is 21.2. The van der Waals surface area contributed by atoms with Crippen molar-refractivity contribution in [3.05, 3.63) is 63.5 Å². The summed E-state index contributed by atoms with van der Waals surface area (Å²) >= 11 is 1.34. The number of fused-ring (bicyclic) bond motifs is 1. The number of halogens is 3. The van der Waals surface area contributed by atoms with Crippen LogP contribution >= 0.6 is 11.3 Å². The normalized spacial score (nSPS) is 12.7. The van der Waals surface area contributed by atoms with Gasteiger partial charge in [0.05, 0.1) is 22.4 Å². The van der Waals surface area contributed by atoms with E-state index < -0.39 is 17.6 Å². The van der Waals surface area contributed by atoms with Gasteiger partial charge in [-0.2, -0.15) is 18.2 Å². The van der Waals surface area contributed by atoms with Gasteiger partial charge in [-0.3, -0.25) is 4.79 Å². The Morgan fingerprint density at radius 1 is 1.21 bits per heavy atom. The fraction of sp³-hybridized carbons (Fsp3) is 0.333. The molecule has 0 fully saturated rings. The molecule has 3 rings (SSSR count). The predicted molar refractivity (Wildman–Crippen MR) is 107 cm³/mol. The van der Waals surface area contributed by atoms with Crippen molar-refractivity contribution in [1.29, 1.82) is 0 Å². The average molecular weight is 422 g/mol. The lowest BCUT2D eigenvalue weighted by Gasteiger charge is -2.08. The third-order valence-corrected chi connectivity index (χ3v) is 5.43. The van der Waals surface area contributed by atoms with Gasteiger partial charge in [0, 0.05) is 18.7 Å². The molecule has 1 amide bonds. The SMILES string of the molecule is CCOCCn1c(=NC(=O)c2cccc(C(F)(F)F)c2)sc2cc(C)cc(C)c21. The molecule has 0 aliphatic carbocycles. The number of aryl methyl sites for hydroxylation is 2. The van der Waals surface area contributed by atoms with Crippen LogP contribution in [0.3, 0.4) is 0 Å². The summed E-state index contributed by atoms with van der Waals surface area (Å²) < 4.78 is 47.2. The van der Waals surface area contributed by atoms with Crippen molar-refractivity contribution in [2.75, 3.05) is 13.2 Å². The highest BCUT2D eigenvalue weighted by Gasteiger charge is 2.30. The summed E-state index contributed by atoms with van der Waals surface area (Å²) in [4.78, 5) is 17.2. The van der Waals surface area contributed by atoms with Crippen LogP contribution in [0.2, 0.25) is 0 Å². The van der Waals surface area contributed by atoms with E-state index in [1.54, 1.807) is 0 Å². The fourth-order valence-corrected chi connectivity index (χ4v) is 4.40. The van der Waals surface area contributed by atoms with Crippen LogP contribution in [0.25, 0.3) is 10.2 Å². The van der Waals surface area contributed by atoms with Gasteiger partial charge in [0.15, 0.2) is 4.80 Å². The van der Waals surface area contributed by atoms with Gasteiger partial charge in [0.2, 0.25) is 0 Å². The zero-order valence-corrected chi connectivity index (χ0v) is 17.2. The summed E-state index contributed by atoms with van der Waals surface area (Å²) in [5, 5.41) is 0. The molecule has 3 aromatic rings. The fourth-order valence-electron chi connectivity index (χ4n) is 3.16. The van der Waals surface area contributed by atoms with Crippen LogP contribution in [0.15, 0.2) is 41.4 Å². The molecule has 0 bridgehead atoms. The summed E-state index contributed by atoms with van der Waals surface area (Å²) in [5.74, 6) is -0.706. The van der Waals surface area contributed by atoms with E-state index in [1.165, 1.54) is 23.5 Å². The number of thiazole rings is 1. The number of amides is 1. The van der Waals surface area contributed by atoms with E-state index in [9.17, 15) is 18.0 Å². The number of hydrogen-bond donors (Lipinski definition) is 0. The molecule has 0 radical (unpaired) electrons. The monoisotopic (exact) mass is 422 g/mol. The Kier molecular flexibility index (Phi) is 6.24. The molecule has 29 heavy (non-hydrogen) atoms. The Morgan fingerprint density at radius 2 is 1.97 bits per heavy atom. The first-order chi connectivity index (χ1) is 13.7. The van der Waals surface area contributed by atoms with E-state index >= 15 is 0 Å². The lowest BCUT2D eigenvalue weighted by Crippen LogP contribution is -2.20. The molecule has 0 unspecified atom stereocenters. The Labute approximate surface area is 170 Å². The Bertz CT molecular complexity index is 1110. The second-order valence-electron chi connectivity index (χ2n) is 6.66. The lowest BCUT2D eigenvalue weighted by molar-refractivity contribution is -0.137. The topological polar surface area (TPSA) is 43.6 Å². The van der Waals surface area contributed by atoms with Gasteiger partial charge in [0.1, 0.15) is 0 Å². The second kappa shape index (κ2) is 8.51. The second-order valence-corrected chi connectivity index (χ2v) is 7.67. The molecule has 8 heteroatoms. The van der Waals surface area contributed by atoms with Crippen LogP contribution in [0.5, 0.6) is 0 Å². The van der Waals surface area contributed by atoms with Gasteiger partial charge in [-0.15, -0.1) is 0 Å². The lowest BCUT2D eigenvalue weighted by atomic mass is 10.1. The molecular formula is C21H21F3N2O2S. The van der Waals surface area contributed by atoms with E-state index in [2.05, 4.69) is 4.99 Å². The summed E-state index contributed by atoms with van der Waals surface area (Å²) in [6, 6.07) is 8.38. The van der Waals surface area contributed by atoms with Crippen molar-refractivity contribution in [1.82, 2.24) is 4.57 Å². The average Bonchev–Trinajstić information content (AvgIpc) is 2.98. The number of benzene rings is 2. The van der Waals surface area contributed by atoms with Crippen LogP contribution < -0.4 is 4.80 Å². The largest absolute Gasteiger partial charge is 0.416 e. The first kappa shape index (κ1) is 21.3. The van der Waals surface area contributed by atoms with Gasteiger partial charge >= 0.3 is 6.18 Å². The molecule has 1 aromatic heterocycles. The Morgan fingerprint density at radius 3 is 2.66 bits per heavy atom. The van der Waals surface area contributed by atoms with Crippen molar-refractivity contribution in [3.8, 4) is 0 Å². The number of ether oxygens (including phenoxy) is 1. The summed E-state index contributed by atoms with van der Waals surface area (Å²) in [7, 11) is 0. The van der Waals surface area contributed by atoms with Crippen LogP contribution in [0, 0.1) is 13.8 Å². The number of alkyl halides is 3. The van der Waals surface area contributed by atoms with Crippen molar-refractivity contribution in [2.45, 2.75) is 33.5 Å². The molecular weight excluding hydrogens is 401 g/mol. The van der Waals surface area contributed by atoms with Gasteiger partial charge in [-0.25, -0.2) is 0 Å². The predicted octanol–water partition coefficient (Wildman–Crippen LogP) is 5.12. The van der Waals surface area contributed by atoms with E-state index in [0.29, 0.717) is 24.6 Å². The Balaban J connectivity index is 2.10. The van der Waals surface area contributed by atoms with Crippen LogP contribution in [-0.4, -0.2) is 23.7 Å². The molecule has 2 aromatic carbocycles. The highest BCUT2D eigenvalue weighted by molar-refractivity contribution is 7.16. The van der Waals surface area contributed by atoms with Crippen LogP contribution in [0.4, 0.5) is 13.2 Å². The van der Waals surface area contributed by atoms with E-state index in [0.717, 1.165) is 33.5 Å². The van der Waals surface area contributed by atoms with Crippen molar-refractivity contribution < 1.29 is 22.7 Å². The first-order valence-corrected chi connectivity index (χ1v) is 9.97. The van der Waals surface area contributed by atoms with Crippen LogP contribution in [0.1, 0.15) is 34.0 Å². The van der Waals surface area contributed by atoms with Crippen LogP contribution in [-0.2, 0) is 17.5 Å². The smallest absolute Gasteiger partial charge is 0.380 e. The maximum absolute atomic E-state index is 13.0. The molecule has 0 aliphatic heterocycles. The molecule has 0 atom stereocenters. The standard InChI is InChI=1S/C21H21F3N2O2S/c1-4-28-9-8-26-18-14(3)10-13(2)11-17(18)29-20(26)25-19(27)15-6-5-7-16(12-15)21(22,23)24/h5-7,10-12H,4,8-9H2,1-3H3. The van der Waals surface area contributed by atoms with Crippen molar-refractivity contribution in [2.24, 2.45) is 4.99 Å². The van der Waals surface area contributed by atoms with Gasteiger partial charge in [0.25, 0.3) is 5.91 Å². The zero-order valence-electron chi connectivity index (χ0n) is 16.3. The third-order valence-electron chi connectivity index (χ3n) is 4.41. The molecule has 154 valence electrons.